The van der Waals surface area contributed by atoms with Crippen molar-refractivity contribution in [3.05, 3.63) is 60.2 Å². The van der Waals surface area contributed by atoms with Gasteiger partial charge in [-0.25, -0.2) is 0 Å². The Morgan fingerprint density at radius 2 is 1.75 bits per heavy atom. The van der Waals surface area contributed by atoms with Crippen molar-refractivity contribution in [1.29, 1.82) is 0 Å². The Balaban J connectivity index is 1.38. The Labute approximate surface area is 188 Å². The van der Waals surface area contributed by atoms with E-state index in [0.29, 0.717) is 11.3 Å². The third-order valence-electron chi connectivity index (χ3n) is 6.31. The third-order valence-corrected chi connectivity index (χ3v) is 6.31. The monoisotopic (exact) mass is 441 g/mol. The van der Waals surface area contributed by atoms with Crippen molar-refractivity contribution >= 4 is 11.6 Å². The highest BCUT2D eigenvalue weighted by atomic mass is 16.5. The van der Waals surface area contributed by atoms with Gasteiger partial charge in [-0.1, -0.05) is 18.2 Å². The lowest BCUT2D eigenvalue weighted by molar-refractivity contribution is -0.0209. The molecule has 4 rings (SSSR count). The highest BCUT2D eigenvalue weighted by molar-refractivity contribution is 5.94. The number of methoxy groups -OCH3 is 1. The first-order valence-electron chi connectivity index (χ1n) is 11.0. The quantitative estimate of drug-likeness (QED) is 0.583. The average molecular weight is 442 g/mol. The molecule has 3 N–H and O–H groups in total. The first kappa shape index (κ1) is 22.5. The highest BCUT2D eigenvalue weighted by Gasteiger charge is 2.46. The molecule has 2 heterocycles. The van der Waals surface area contributed by atoms with Gasteiger partial charge in [-0.05, 0) is 36.4 Å². The summed E-state index contributed by atoms with van der Waals surface area (Å²) in [4.78, 5) is 17.1. The molecule has 0 aromatic heterocycles. The standard InChI is InChI=1S/C24H31N3O5/c1-31-19-9-7-17(8-10-19)24(30)25-15-20-22(23(29)21(16-28)32-20)27-13-11-26(12-14-27)18-5-3-2-4-6-18/h2-10,20-23,28-29H,11-16H2,1H3,(H,25,30)/t20-,21+,22+,23-/m1/s1. The Kier molecular flexibility index (Phi) is 7.26. The number of carbonyl (C=O) groups is 1. The molecule has 2 fully saturated rings. The second kappa shape index (κ2) is 10.3. The number of hydrogen-bond donors (Lipinski definition) is 3. The van der Waals surface area contributed by atoms with Crippen LogP contribution < -0.4 is 15.0 Å². The number of carbonyl (C=O) groups excluding carboxylic acids is 1. The minimum atomic E-state index is -0.814. The number of amides is 1. The zero-order valence-electron chi connectivity index (χ0n) is 18.3. The van der Waals surface area contributed by atoms with Crippen LogP contribution in [0.25, 0.3) is 0 Å². The topological polar surface area (TPSA) is 94.5 Å². The van der Waals surface area contributed by atoms with Crippen LogP contribution in [0.1, 0.15) is 10.4 Å². The van der Waals surface area contributed by atoms with Crippen molar-refractivity contribution in [3.63, 3.8) is 0 Å². The van der Waals surface area contributed by atoms with E-state index in [1.165, 1.54) is 5.69 Å². The minimum Gasteiger partial charge on any atom is -0.497 e. The maximum atomic E-state index is 12.6. The predicted octanol–water partition coefficient (Wildman–Crippen LogP) is 0.736. The fraction of sp³-hybridized carbons (Fsp3) is 0.458. The van der Waals surface area contributed by atoms with E-state index in [1.54, 1.807) is 31.4 Å². The van der Waals surface area contributed by atoms with Gasteiger partial charge in [-0.15, -0.1) is 0 Å². The molecule has 32 heavy (non-hydrogen) atoms. The summed E-state index contributed by atoms with van der Waals surface area (Å²) in [6.07, 6.45) is -1.88. The van der Waals surface area contributed by atoms with Crippen LogP contribution in [-0.4, -0.2) is 91.8 Å². The van der Waals surface area contributed by atoms with Gasteiger partial charge in [-0.2, -0.15) is 0 Å². The van der Waals surface area contributed by atoms with Crippen molar-refractivity contribution in [2.75, 3.05) is 51.3 Å². The lowest BCUT2D eigenvalue weighted by atomic mass is 10.0. The third kappa shape index (κ3) is 4.88. The molecule has 0 radical (unpaired) electrons. The SMILES string of the molecule is COc1ccc(C(=O)NC[C@H]2O[C@@H](CO)[C@@H](O)[C@H]2N2CCN(c3ccccc3)CC2)cc1. The molecule has 2 aliphatic rings. The Morgan fingerprint density at radius 3 is 2.38 bits per heavy atom. The number of benzene rings is 2. The van der Waals surface area contributed by atoms with E-state index in [4.69, 9.17) is 9.47 Å². The maximum absolute atomic E-state index is 12.6. The number of rotatable bonds is 7. The van der Waals surface area contributed by atoms with E-state index < -0.39 is 18.3 Å². The van der Waals surface area contributed by atoms with Gasteiger partial charge in [-0.3, -0.25) is 9.69 Å². The number of piperazine rings is 1. The zero-order valence-corrected chi connectivity index (χ0v) is 18.3. The van der Waals surface area contributed by atoms with Crippen molar-refractivity contribution in [1.82, 2.24) is 10.2 Å². The van der Waals surface area contributed by atoms with Crippen LogP contribution in [0, 0.1) is 0 Å². The summed E-state index contributed by atoms with van der Waals surface area (Å²) in [6, 6.07) is 16.9. The molecule has 0 aliphatic carbocycles. The van der Waals surface area contributed by atoms with Crippen LogP contribution in [-0.2, 0) is 4.74 Å². The van der Waals surface area contributed by atoms with Gasteiger partial charge in [0.25, 0.3) is 5.91 Å². The van der Waals surface area contributed by atoms with Crippen LogP contribution >= 0.6 is 0 Å². The number of nitrogens with zero attached hydrogens (tertiary/aromatic N) is 2. The molecule has 2 aromatic rings. The fourth-order valence-corrected chi connectivity index (χ4v) is 4.55. The van der Waals surface area contributed by atoms with Crippen LogP contribution in [0.4, 0.5) is 5.69 Å². The van der Waals surface area contributed by atoms with Gasteiger partial charge in [0, 0.05) is 44.0 Å². The van der Waals surface area contributed by atoms with E-state index in [2.05, 4.69) is 27.2 Å². The van der Waals surface area contributed by atoms with Gasteiger partial charge in [0.15, 0.2) is 0 Å². The van der Waals surface area contributed by atoms with E-state index in [0.717, 1.165) is 26.2 Å². The number of anilines is 1. The normalized spacial score (nSPS) is 26.2. The molecule has 4 atom stereocenters. The lowest BCUT2D eigenvalue weighted by Crippen LogP contribution is -2.57. The Bertz CT molecular complexity index is 871. The minimum absolute atomic E-state index is 0.217. The maximum Gasteiger partial charge on any atom is 0.251 e. The molecule has 0 spiro atoms. The number of nitrogens with one attached hydrogen (secondary N) is 1. The van der Waals surface area contributed by atoms with Crippen LogP contribution in [0.3, 0.4) is 0 Å². The van der Waals surface area contributed by atoms with Crippen LogP contribution in [0.2, 0.25) is 0 Å². The molecule has 8 heteroatoms. The second-order valence-electron chi connectivity index (χ2n) is 8.17. The number of aliphatic hydroxyl groups excluding tert-OH is 2. The summed E-state index contributed by atoms with van der Waals surface area (Å²) in [7, 11) is 1.58. The molecule has 1 amide bonds. The van der Waals surface area contributed by atoms with E-state index >= 15 is 0 Å². The van der Waals surface area contributed by atoms with E-state index in [1.807, 2.05) is 18.2 Å². The smallest absolute Gasteiger partial charge is 0.251 e. The number of hydrogen-bond acceptors (Lipinski definition) is 7. The second-order valence-corrected chi connectivity index (χ2v) is 8.17. The van der Waals surface area contributed by atoms with Gasteiger partial charge in [0.05, 0.1) is 25.9 Å². The van der Waals surface area contributed by atoms with Gasteiger partial charge in [0.2, 0.25) is 0 Å². The van der Waals surface area contributed by atoms with Crippen molar-refractivity contribution in [2.24, 2.45) is 0 Å². The lowest BCUT2D eigenvalue weighted by Gasteiger charge is -2.41. The molecule has 0 unspecified atom stereocenters. The Morgan fingerprint density at radius 1 is 1.06 bits per heavy atom. The zero-order chi connectivity index (χ0) is 22.5. The molecular formula is C24H31N3O5. The number of para-hydroxylation sites is 1. The van der Waals surface area contributed by atoms with E-state index in [9.17, 15) is 15.0 Å². The molecular weight excluding hydrogens is 410 g/mol. The molecule has 172 valence electrons. The molecule has 0 saturated carbocycles. The molecule has 2 aromatic carbocycles. The van der Waals surface area contributed by atoms with Gasteiger partial charge < -0.3 is 29.9 Å². The summed E-state index contributed by atoms with van der Waals surface area (Å²) in [5, 5.41) is 23.4. The molecule has 2 saturated heterocycles. The summed E-state index contributed by atoms with van der Waals surface area (Å²) < 4.78 is 11.1. The first-order valence-corrected chi connectivity index (χ1v) is 11.0. The fourth-order valence-electron chi connectivity index (χ4n) is 4.55. The summed E-state index contributed by atoms with van der Waals surface area (Å²) in [5.74, 6) is 0.468. The summed E-state index contributed by atoms with van der Waals surface area (Å²) in [5.41, 5.74) is 1.71. The average Bonchev–Trinajstić information content (AvgIpc) is 3.18. The van der Waals surface area contributed by atoms with Crippen molar-refractivity contribution < 1.29 is 24.5 Å². The number of ether oxygens (including phenoxy) is 2. The van der Waals surface area contributed by atoms with Gasteiger partial charge in [0.1, 0.15) is 18.0 Å². The number of aliphatic hydroxyl groups is 2. The van der Waals surface area contributed by atoms with E-state index in [-0.39, 0.29) is 25.1 Å². The van der Waals surface area contributed by atoms with Crippen molar-refractivity contribution in [2.45, 2.75) is 24.4 Å². The van der Waals surface area contributed by atoms with Crippen LogP contribution in [0.5, 0.6) is 5.75 Å². The Hall–Kier alpha value is -2.65. The first-order chi connectivity index (χ1) is 15.6. The molecule has 0 bridgehead atoms. The molecule has 8 nitrogen and oxygen atoms in total. The summed E-state index contributed by atoms with van der Waals surface area (Å²) in [6.45, 7) is 3.19. The predicted molar refractivity (Wildman–Crippen MR) is 121 cm³/mol. The summed E-state index contributed by atoms with van der Waals surface area (Å²) >= 11 is 0. The van der Waals surface area contributed by atoms with Gasteiger partial charge >= 0.3 is 0 Å². The largest absolute Gasteiger partial charge is 0.497 e. The highest BCUT2D eigenvalue weighted by Crippen LogP contribution is 2.27. The van der Waals surface area contributed by atoms with Crippen LogP contribution in [0.15, 0.2) is 54.6 Å². The van der Waals surface area contributed by atoms with Crippen molar-refractivity contribution in [3.8, 4) is 5.75 Å². The molecule has 2 aliphatic heterocycles.